The van der Waals surface area contributed by atoms with E-state index in [9.17, 15) is 9.18 Å². The van der Waals surface area contributed by atoms with Crippen molar-refractivity contribution in [3.05, 3.63) is 83.7 Å². The molecule has 2 aliphatic rings. The highest BCUT2D eigenvalue weighted by Gasteiger charge is 2.31. The lowest BCUT2D eigenvalue weighted by molar-refractivity contribution is 0.144. The molecule has 1 N–H and O–H groups in total. The lowest BCUT2D eigenvalue weighted by Crippen LogP contribution is -2.56. The number of halogens is 1. The summed E-state index contributed by atoms with van der Waals surface area (Å²) in [6.07, 6.45) is 0. The second kappa shape index (κ2) is 8.58. The van der Waals surface area contributed by atoms with Crippen LogP contribution in [-0.4, -0.2) is 47.3 Å². The summed E-state index contributed by atoms with van der Waals surface area (Å²) in [6, 6.07) is 19.6. The van der Waals surface area contributed by atoms with E-state index in [0.29, 0.717) is 25.4 Å². The summed E-state index contributed by atoms with van der Waals surface area (Å²) in [5.74, 6) is 1.86. The quantitative estimate of drug-likeness (QED) is 0.535. The maximum Gasteiger partial charge on any atom is 0.322 e. The Morgan fingerprint density at radius 3 is 2.67 bits per heavy atom. The number of fused-ring (bicyclic) bond motifs is 2. The van der Waals surface area contributed by atoms with Crippen LogP contribution in [0.3, 0.4) is 0 Å². The molecule has 33 heavy (non-hydrogen) atoms. The molecule has 1 saturated heterocycles. The molecular formula is C26H25FN4O2. The molecule has 6 nitrogen and oxygen atoms in total. The summed E-state index contributed by atoms with van der Waals surface area (Å²) >= 11 is 0. The lowest BCUT2D eigenvalue weighted by Gasteiger charge is -2.41. The molecule has 1 fully saturated rings. The number of ether oxygens (including phenoxy) is 1. The van der Waals surface area contributed by atoms with Gasteiger partial charge in [-0.15, -0.1) is 0 Å². The molecular weight excluding hydrogens is 419 g/mol. The fourth-order valence-electron chi connectivity index (χ4n) is 4.28. The number of amidine groups is 1. The average Bonchev–Trinajstić information content (AvgIpc) is 2.97. The molecule has 2 amide bonds. The van der Waals surface area contributed by atoms with E-state index in [4.69, 9.17) is 9.73 Å². The Labute approximate surface area is 192 Å². The van der Waals surface area contributed by atoms with Gasteiger partial charge in [0.05, 0.1) is 11.3 Å². The normalized spacial score (nSPS) is 17.3. The number of urea groups is 1. The number of rotatable bonds is 1. The number of aliphatic imine (C=N–C) groups is 1. The molecule has 1 atom stereocenters. The van der Waals surface area contributed by atoms with Crippen LogP contribution in [0.2, 0.25) is 0 Å². The average molecular weight is 445 g/mol. The van der Waals surface area contributed by atoms with E-state index in [1.54, 1.807) is 23.1 Å². The third-order valence-electron chi connectivity index (χ3n) is 5.99. The summed E-state index contributed by atoms with van der Waals surface area (Å²) in [4.78, 5) is 21.8. The minimum Gasteiger partial charge on any atom is -0.454 e. The maximum atomic E-state index is 14.0. The molecule has 2 aliphatic heterocycles. The van der Waals surface area contributed by atoms with Gasteiger partial charge in [-0.25, -0.2) is 14.2 Å². The Balaban J connectivity index is 1.40. The van der Waals surface area contributed by atoms with Gasteiger partial charge in [0.2, 0.25) is 0 Å². The van der Waals surface area contributed by atoms with Gasteiger partial charge in [-0.1, -0.05) is 35.9 Å². The van der Waals surface area contributed by atoms with Crippen LogP contribution >= 0.6 is 0 Å². The van der Waals surface area contributed by atoms with Crippen LogP contribution in [0.25, 0.3) is 0 Å². The number of hydrogen-bond acceptors (Lipinski definition) is 4. The Kier molecular flexibility index (Phi) is 5.46. The molecule has 168 valence electrons. The van der Waals surface area contributed by atoms with Crippen molar-refractivity contribution in [1.29, 1.82) is 0 Å². The first-order valence-corrected chi connectivity index (χ1v) is 11.0. The molecule has 3 aromatic rings. The third kappa shape index (κ3) is 4.14. The van der Waals surface area contributed by atoms with Crippen molar-refractivity contribution in [2.45, 2.75) is 19.9 Å². The van der Waals surface area contributed by atoms with E-state index >= 15 is 0 Å². The molecule has 2 heterocycles. The third-order valence-corrected chi connectivity index (χ3v) is 5.99. The topological polar surface area (TPSA) is 57.2 Å². The van der Waals surface area contributed by atoms with E-state index in [-0.39, 0.29) is 17.8 Å². The van der Waals surface area contributed by atoms with Crippen LogP contribution in [0, 0.1) is 12.7 Å². The Morgan fingerprint density at radius 1 is 1.06 bits per heavy atom. The first-order chi connectivity index (χ1) is 16.0. The number of benzene rings is 3. The van der Waals surface area contributed by atoms with Gasteiger partial charge < -0.3 is 19.9 Å². The number of aryl methyl sites for hydroxylation is 1. The highest BCUT2D eigenvalue weighted by Crippen LogP contribution is 2.38. The highest BCUT2D eigenvalue weighted by molar-refractivity contribution is 6.04. The van der Waals surface area contributed by atoms with Crippen LogP contribution in [-0.2, 0) is 0 Å². The number of nitrogens with one attached hydrogen (secondary N) is 1. The second-order valence-corrected chi connectivity index (χ2v) is 8.40. The van der Waals surface area contributed by atoms with Crippen molar-refractivity contribution in [3.8, 4) is 11.5 Å². The summed E-state index contributed by atoms with van der Waals surface area (Å²) in [7, 11) is 0. The standard InChI is InChI=1S/C26H25FN4O2/c1-17-11-12-23-19(15-17)25(28-22-9-5-6-10-24(22)33-23)30-13-14-31(18(2)16-30)26(32)29-21-8-4-3-7-20(21)27/h3-12,15,18H,13-14,16H2,1-2H3,(H,29,32)/t18-/m0/s1. The molecule has 0 radical (unpaired) electrons. The molecule has 0 bridgehead atoms. The smallest absolute Gasteiger partial charge is 0.322 e. The minimum absolute atomic E-state index is 0.0964. The monoisotopic (exact) mass is 444 g/mol. The second-order valence-electron chi connectivity index (χ2n) is 8.40. The predicted molar refractivity (Wildman–Crippen MR) is 127 cm³/mol. The van der Waals surface area contributed by atoms with Crippen molar-refractivity contribution in [2.24, 2.45) is 4.99 Å². The molecule has 7 heteroatoms. The van der Waals surface area contributed by atoms with Gasteiger partial charge in [0, 0.05) is 25.7 Å². The van der Waals surface area contributed by atoms with Gasteiger partial charge in [0.25, 0.3) is 0 Å². The maximum absolute atomic E-state index is 14.0. The van der Waals surface area contributed by atoms with Crippen molar-refractivity contribution in [1.82, 2.24) is 9.80 Å². The molecule has 0 saturated carbocycles. The lowest BCUT2D eigenvalue weighted by atomic mass is 10.1. The van der Waals surface area contributed by atoms with Crippen molar-refractivity contribution < 1.29 is 13.9 Å². The number of carbonyl (C=O) groups excluding carboxylic acids is 1. The largest absolute Gasteiger partial charge is 0.454 e. The number of para-hydroxylation sites is 3. The zero-order chi connectivity index (χ0) is 22.9. The zero-order valence-electron chi connectivity index (χ0n) is 18.6. The van der Waals surface area contributed by atoms with Gasteiger partial charge in [0.1, 0.15) is 23.1 Å². The fourth-order valence-corrected chi connectivity index (χ4v) is 4.28. The van der Waals surface area contributed by atoms with Gasteiger partial charge in [-0.2, -0.15) is 0 Å². The van der Waals surface area contributed by atoms with Crippen molar-refractivity contribution >= 4 is 23.2 Å². The number of nitrogens with zero attached hydrogens (tertiary/aromatic N) is 3. The summed E-state index contributed by atoms with van der Waals surface area (Å²) in [5.41, 5.74) is 3.01. The van der Waals surface area contributed by atoms with Crippen LogP contribution in [0.4, 0.5) is 20.6 Å². The van der Waals surface area contributed by atoms with Gasteiger partial charge in [0.15, 0.2) is 5.75 Å². The van der Waals surface area contributed by atoms with Crippen LogP contribution in [0.15, 0.2) is 71.7 Å². The zero-order valence-corrected chi connectivity index (χ0v) is 18.6. The number of carbonyl (C=O) groups is 1. The molecule has 0 aromatic heterocycles. The van der Waals surface area contributed by atoms with E-state index in [0.717, 1.165) is 28.4 Å². The number of anilines is 1. The van der Waals surface area contributed by atoms with Crippen LogP contribution in [0.1, 0.15) is 18.1 Å². The first kappa shape index (κ1) is 21.0. The predicted octanol–water partition coefficient (Wildman–Crippen LogP) is 5.56. The van der Waals surface area contributed by atoms with E-state index in [1.807, 2.05) is 50.2 Å². The van der Waals surface area contributed by atoms with Crippen LogP contribution in [0.5, 0.6) is 11.5 Å². The SMILES string of the molecule is Cc1ccc2c(c1)C(N1CCN(C(=O)Nc3ccccc3F)[C@@H](C)C1)=Nc1ccccc1O2. The Hall–Kier alpha value is -3.87. The molecule has 0 unspecified atom stereocenters. The summed E-state index contributed by atoms with van der Waals surface area (Å²) in [5, 5.41) is 2.69. The number of hydrogen-bond donors (Lipinski definition) is 1. The van der Waals surface area contributed by atoms with Gasteiger partial charge >= 0.3 is 6.03 Å². The molecule has 0 aliphatic carbocycles. The molecule has 3 aromatic carbocycles. The molecule has 5 rings (SSSR count). The highest BCUT2D eigenvalue weighted by atomic mass is 19.1. The summed E-state index contributed by atoms with van der Waals surface area (Å²) in [6.45, 7) is 5.72. The minimum atomic E-state index is -0.449. The van der Waals surface area contributed by atoms with Gasteiger partial charge in [-0.05, 0) is 50.2 Å². The van der Waals surface area contributed by atoms with Crippen molar-refractivity contribution in [2.75, 3.05) is 25.0 Å². The Bertz CT molecular complexity index is 1240. The van der Waals surface area contributed by atoms with Crippen molar-refractivity contribution in [3.63, 3.8) is 0 Å². The first-order valence-electron chi connectivity index (χ1n) is 11.0. The van der Waals surface area contributed by atoms with Gasteiger partial charge in [-0.3, -0.25) is 0 Å². The van der Waals surface area contributed by atoms with E-state index in [2.05, 4.69) is 16.3 Å². The fraction of sp³-hybridized carbons (Fsp3) is 0.231. The van der Waals surface area contributed by atoms with Crippen LogP contribution < -0.4 is 10.1 Å². The number of piperazine rings is 1. The van der Waals surface area contributed by atoms with E-state index in [1.165, 1.54) is 6.07 Å². The van der Waals surface area contributed by atoms with E-state index < -0.39 is 5.82 Å². The number of amides is 2. The molecule has 0 spiro atoms. The Morgan fingerprint density at radius 2 is 1.85 bits per heavy atom. The summed E-state index contributed by atoms with van der Waals surface area (Å²) < 4.78 is 20.2.